The molecule has 0 bridgehead atoms. The van der Waals surface area contributed by atoms with Gasteiger partial charge in [0.25, 0.3) is 5.91 Å². The van der Waals surface area contributed by atoms with E-state index in [1.165, 1.54) is 0 Å². The summed E-state index contributed by atoms with van der Waals surface area (Å²) < 4.78 is 0. The molecule has 1 unspecified atom stereocenters. The zero-order valence-electron chi connectivity index (χ0n) is 13.9. The molecule has 0 aliphatic carbocycles. The molecule has 5 nitrogen and oxygen atoms in total. The number of benzene rings is 2. The van der Waals surface area contributed by atoms with Crippen molar-refractivity contribution in [3.63, 3.8) is 0 Å². The first-order valence-corrected chi connectivity index (χ1v) is 9.58. The lowest BCUT2D eigenvalue weighted by molar-refractivity contribution is 0.0954. The maximum atomic E-state index is 12.3. The van der Waals surface area contributed by atoms with Gasteiger partial charge in [0.05, 0.1) is 22.6 Å². The molecule has 2 aromatic carbocycles. The first kappa shape index (κ1) is 16.9. The molecule has 2 heterocycles. The van der Waals surface area contributed by atoms with E-state index >= 15 is 0 Å². The van der Waals surface area contributed by atoms with Crippen LogP contribution in [0.5, 0.6) is 0 Å². The fourth-order valence-electron chi connectivity index (χ4n) is 3.04. The van der Waals surface area contributed by atoms with Gasteiger partial charge in [-0.3, -0.25) is 4.79 Å². The summed E-state index contributed by atoms with van der Waals surface area (Å²) in [7, 11) is 0. The van der Waals surface area contributed by atoms with Gasteiger partial charge >= 0.3 is 0 Å². The highest BCUT2D eigenvalue weighted by Gasteiger charge is 2.30. The monoisotopic (exact) mass is 384 g/mol. The Labute approximate surface area is 160 Å². The first-order valence-electron chi connectivity index (χ1n) is 8.26. The predicted molar refractivity (Wildman–Crippen MR) is 106 cm³/mol. The van der Waals surface area contributed by atoms with Crippen LogP contribution in [-0.4, -0.2) is 24.0 Å². The van der Waals surface area contributed by atoms with E-state index in [4.69, 9.17) is 11.6 Å². The predicted octanol–water partition coefficient (Wildman–Crippen LogP) is 4.16. The number of anilines is 2. The minimum Gasteiger partial charge on any atom is -0.358 e. The lowest BCUT2D eigenvalue weighted by Crippen LogP contribution is -2.37. The van der Waals surface area contributed by atoms with Gasteiger partial charge < -0.3 is 15.5 Å². The maximum Gasteiger partial charge on any atom is 0.251 e. The summed E-state index contributed by atoms with van der Waals surface area (Å²) in [5.41, 5.74) is 5.61. The Bertz CT molecular complexity index is 898. The number of para-hydroxylation sites is 2. The number of nitrogens with one attached hydrogen (secondary N) is 2. The smallest absolute Gasteiger partial charge is 0.251 e. The molecule has 0 saturated carbocycles. The molecule has 7 heteroatoms. The number of amides is 1. The van der Waals surface area contributed by atoms with Gasteiger partial charge in [-0.2, -0.15) is 0 Å². The summed E-state index contributed by atoms with van der Waals surface area (Å²) in [6.07, 6.45) is -0.0221. The Morgan fingerprint density at radius 2 is 2.04 bits per heavy atom. The highest BCUT2D eigenvalue weighted by atomic mass is 35.5. The molecule has 1 atom stereocenters. The van der Waals surface area contributed by atoms with Gasteiger partial charge in [0.15, 0.2) is 0 Å². The van der Waals surface area contributed by atoms with Crippen LogP contribution in [0.3, 0.4) is 0 Å². The van der Waals surface area contributed by atoms with E-state index < -0.39 is 0 Å². The summed E-state index contributed by atoms with van der Waals surface area (Å²) in [5.74, 6) is -0.104. The number of thiazole rings is 1. The molecule has 1 aliphatic rings. The average Bonchev–Trinajstić information content (AvgIpc) is 3.30. The number of fused-ring (bicyclic) bond motifs is 1. The molecule has 4 rings (SSSR count). The van der Waals surface area contributed by atoms with E-state index in [-0.39, 0.29) is 12.1 Å². The van der Waals surface area contributed by atoms with Gasteiger partial charge in [0.2, 0.25) is 0 Å². The minimum absolute atomic E-state index is 0.0221. The summed E-state index contributed by atoms with van der Waals surface area (Å²) in [6, 6.07) is 15.0. The minimum atomic E-state index is -0.104. The van der Waals surface area contributed by atoms with Gasteiger partial charge in [-0.25, -0.2) is 4.98 Å². The maximum absolute atomic E-state index is 12.3. The second kappa shape index (κ2) is 7.35. The van der Waals surface area contributed by atoms with E-state index in [0.717, 1.165) is 17.1 Å². The SMILES string of the molecule is O=C(NCCN1c2ccccc2NC1c1cscn1)c1ccc(Cl)cc1. The molecule has 0 radical (unpaired) electrons. The molecule has 26 heavy (non-hydrogen) atoms. The normalized spacial score (nSPS) is 15.4. The fraction of sp³-hybridized carbons (Fsp3) is 0.158. The van der Waals surface area contributed by atoms with Gasteiger partial charge in [0, 0.05) is 29.1 Å². The van der Waals surface area contributed by atoms with Crippen molar-refractivity contribution in [1.29, 1.82) is 0 Å². The van der Waals surface area contributed by atoms with Crippen LogP contribution in [0.2, 0.25) is 5.02 Å². The van der Waals surface area contributed by atoms with Crippen molar-refractivity contribution in [3.05, 3.63) is 75.7 Å². The summed E-state index contributed by atoms with van der Waals surface area (Å²) in [6.45, 7) is 1.20. The molecule has 3 aromatic rings. The summed E-state index contributed by atoms with van der Waals surface area (Å²) >= 11 is 7.45. The van der Waals surface area contributed by atoms with Crippen LogP contribution in [0.1, 0.15) is 22.2 Å². The van der Waals surface area contributed by atoms with Crippen molar-refractivity contribution in [1.82, 2.24) is 10.3 Å². The van der Waals surface area contributed by atoms with Crippen LogP contribution in [0.15, 0.2) is 59.4 Å². The van der Waals surface area contributed by atoms with Crippen LogP contribution < -0.4 is 15.5 Å². The van der Waals surface area contributed by atoms with Crippen LogP contribution in [-0.2, 0) is 0 Å². The third-order valence-corrected chi connectivity index (χ3v) is 5.15. The number of nitrogens with zero attached hydrogens (tertiary/aromatic N) is 2. The van der Waals surface area contributed by atoms with E-state index in [0.29, 0.717) is 23.7 Å². The lowest BCUT2D eigenvalue weighted by atomic mass is 10.2. The number of rotatable bonds is 5. The van der Waals surface area contributed by atoms with E-state index in [9.17, 15) is 4.79 Å². The molecule has 132 valence electrons. The van der Waals surface area contributed by atoms with Crippen molar-refractivity contribution in [3.8, 4) is 0 Å². The zero-order valence-corrected chi connectivity index (χ0v) is 15.4. The van der Waals surface area contributed by atoms with Crippen molar-refractivity contribution in [2.24, 2.45) is 0 Å². The van der Waals surface area contributed by atoms with Gasteiger partial charge in [-0.05, 0) is 36.4 Å². The highest BCUT2D eigenvalue weighted by Crippen LogP contribution is 2.40. The van der Waals surface area contributed by atoms with Gasteiger partial charge in [-0.15, -0.1) is 11.3 Å². The van der Waals surface area contributed by atoms with Crippen LogP contribution in [0, 0.1) is 0 Å². The molecule has 1 aromatic heterocycles. The molecular formula is C19H17ClN4OS. The lowest BCUT2D eigenvalue weighted by Gasteiger charge is -2.25. The number of halogens is 1. The molecule has 0 spiro atoms. The Morgan fingerprint density at radius 1 is 1.23 bits per heavy atom. The molecule has 0 saturated heterocycles. The van der Waals surface area contributed by atoms with E-state index in [1.54, 1.807) is 35.6 Å². The topological polar surface area (TPSA) is 57.3 Å². The third-order valence-electron chi connectivity index (χ3n) is 4.29. The number of carbonyl (C=O) groups is 1. The Morgan fingerprint density at radius 3 is 2.81 bits per heavy atom. The molecule has 0 fully saturated rings. The number of hydrogen-bond donors (Lipinski definition) is 2. The Balaban J connectivity index is 1.45. The third kappa shape index (κ3) is 3.38. The van der Waals surface area contributed by atoms with Crippen LogP contribution in [0.25, 0.3) is 0 Å². The standard InChI is InChI=1S/C19H17ClN4OS/c20-14-7-5-13(6-8-14)19(25)21-9-10-24-17-4-2-1-3-15(17)23-18(24)16-11-26-12-22-16/h1-8,11-12,18,23H,9-10H2,(H,21,25). The summed E-state index contributed by atoms with van der Waals surface area (Å²) in [4.78, 5) is 19.0. The summed E-state index contributed by atoms with van der Waals surface area (Å²) in [5, 5.41) is 9.14. The zero-order chi connectivity index (χ0) is 17.9. The van der Waals surface area contributed by atoms with Crippen molar-refractivity contribution >= 4 is 40.2 Å². The number of carbonyl (C=O) groups excluding carboxylic acids is 1. The van der Waals surface area contributed by atoms with Crippen molar-refractivity contribution < 1.29 is 4.79 Å². The number of hydrogen-bond acceptors (Lipinski definition) is 5. The number of aromatic nitrogens is 1. The Kier molecular flexibility index (Phi) is 4.77. The van der Waals surface area contributed by atoms with Gasteiger partial charge in [-0.1, -0.05) is 23.7 Å². The van der Waals surface area contributed by atoms with Crippen molar-refractivity contribution in [2.45, 2.75) is 6.17 Å². The second-order valence-corrected chi connectivity index (χ2v) is 7.09. The fourth-order valence-corrected chi connectivity index (χ4v) is 3.74. The van der Waals surface area contributed by atoms with Gasteiger partial charge in [0.1, 0.15) is 6.17 Å². The first-order chi connectivity index (χ1) is 12.7. The Hall–Kier alpha value is -2.57. The van der Waals surface area contributed by atoms with Crippen LogP contribution in [0.4, 0.5) is 11.4 Å². The molecule has 1 amide bonds. The molecule has 2 N–H and O–H groups in total. The second-order valence-electron chi connectivity index (χ2n) is 5.93. The van der Waals surface area contributed by atoms with E-state index in [2.05, 4.69) is 32.7 Å². The van der Waals surface area contributed by atoms with Crippen LogP contribution >= 0.6 is 22.9 Å². The quantitative estimate of drug-likeness (QED) is 0.693. The highest BCUT2D eigenvalue weighted by molar-refractivity contribution is 7.07. The van der Waals surface area contributed by atoms with E-state index in [1.807, 2.05) is 23.0 Å². The van der Waals surface area contributed by atoms with Crippen molar-refractivity contribution in [2.75, 3.05) is 23.3 Å². The molecular weight excluding hydrogens is 368 g/mol. The molecule has 1 aliphatic heterocycles. The average molecular weight is 385 g/mol. The largest absolute Gasteiger partial charge is 0.358 e.